The Balaban J connectivity index is 2.02. The summed E-state index contributed by atoms with van der Waals surface area (Å²) in [7, 11) is 0. The SMILES string of the molecule is Cc1cc(SC(C)C(=O)NC2CC2)nc(C(C)C)n1. The molecule has 0 spiro atoms. The molecule has 1 amide bonds. The predicted octanol–water partition coefficient (Wildman–Crippen LogP) is 2.67. The lowest BCUT2D eigenvalue weighted by atomic mass is 10.2. The Morgan fingerprint density at radius 2 is 2.05 bits per heavy atom. The molecule has 0 radical (unpaired) electrons. The van der Waals surface area contributed by atoms with E-state index in [1.54, 1.807) is 0 Å². The molecule has 1 atom stereocenters. The molecule has 1 N–H and O–H groups in total. The van der Waals surface area contributed by atoms with Crippen molar-refractivity contribution in [1.29, 1.82) is 0 Å². The first kappa shape index (κ1) is 14.3. The molecule has 19 heavy (non-hydrogen) atoms. The number of nitrogens with zero attached hydrogens (tertiary/aromatic N) is 2. The number of carbonyl (C=O) groups excluding carboxylic acids is 1. The maximum Gasteiger partial charge on any atom is 0.233 e. The summed E-state index contributed by atoms with van der Waals surface area (Å²) in [6.45, 7) is 8.04. The lowest BCUT2D eigenvalue weighted by Gasteiger charge is -2.12. The number of aryl methyl sites for hydroxylation is 1. The Kier molecular flexibility index (Phi) is 4.45. The van der Waals surface area contributed by atoms with E-state index in [2.05, 4.69) is 29.1 Å². The highest BCUT2D eigenvalue weighted by Gasteiger charge is 2.26. The van der Waals surface area contributed by atoms with Crippen LogP contribution < -0.4 is 5.32 Å². The number of hydrogen-bond acceptors (Lipinski definition) is 4. The molecule has 0 aliphatic heterocycles. The van der Waals surface area contributed by atoms with E-state index in [9.17, 15) is 4.79 Å². The Morgan fingerprint density at radius 3 is 2.63 bits per heavy atom. The van der Waals surface area contributed by atoms with Crippen molar-refractivity contribution in [2.45, 2.75) is 62.8 Å². The zero-order valence-electron chi connectivity index (χ0n) is 11.9. The van der Waals surface area contributed by atoms with E-state index in [4.69, 9.17) is 0 Å². The van der Waals surface area contributed by atoms with E-state index in [0.717, 1.165) is 29.4 Å². The maximum absolute atomic E-state index is 11.9. The van der Waals surface area contributed by atoms with E-state index in [-0.39, 0.29) is 11.2 Å². The lowest BCUT2D eigenvalue weighted by molar-refractivity contribution is -0.120. The number of nitrogens with one attached hydrogen (secondary N) is 1. The van der Waals surface area contributed by atoms with Crippen molar-refractivity contribution in [1.82, 2.24) is 15.3 Å². The van der Waals surface area contributed by atoms with Gasteiger partial charge in [-0.3, -0.25) is 4.79 Å². The normalized spacial score (nSPS) is 16.5. The molecule has 4 nitrogen and oxygen atoms in total. The second-order valence-electron chi connectivity index (χ2n) is 5.40. The van der Waals surface area contributed by atoms with Crippen LogP contribution in [-0.2, 0) is 4.79 Å². The highest BCUT2D eigenvalue weighted by atomic mass is 32.2. The van der Waals surface area contributed by atoms with Crippen molar-refractivity contribution >= 4 is 17.7 Å². The Bertz CT molecular complexity index is 472. The molecule has 1 heterocycles. The highest BCUT2D eigenvalue weighted by Crippen LogP contribution is 2.25. The third-order valence-electron chi connectivity index (χ3n) is 2.95. The average Bonchev–Trinajstić information content (AvgIpc) is 3.11. The van der Waals surface area contributed by atoms with Gasteiger partial charge in [0.2, 0.25) is 5.91 Å². The van der Waals surface area contributed by atoms with Crippen molar-refractivity contribution in [3.8, 4) is 0 Å². The minimum atomic E-state index is -0.116. The van der Waals surface area contributed by atoms with Crippen molar-refractivity contribution < 1.29 is 4.79 Å². The van der Waals surface area contributed by atoms with Gasteiger partial charge in [-0.2, -0.15) is 0 Å². The molecule has 0 bridgehead atoms. The number of rotatable bonds is 5. The summed E-state index contributed by atoms with van der Waals surface area (Å²) >= 11 is 1.50. The quantitative estimate of drug-likeness (QED) is 0.665. The molecule has 2 rings (SSSR count). The Morgan fingerprint density at radius 1 is 1.37 bits per heavy atom. The van der Waals surface area contributed by atoms with Crippen LogP contribution in [0.25, 0.3) is 0 Å². The van der Waals surface area contributed by atoms with Crippen LogP contribution in [0.1, 0.15) is 51.0 Å². The van der Waals surface area contributed by atoms with Crippen molar-refractivity contribution in [2.75, 3.05) is 0 Å². The summed E-state index contributed by atoms with van der Waals surface area (Å²) in [6, 6.07) is 2.35. The van der Waals surface area contributed by atoms with Gasteiger partial charge >= 0.3 is 0 Å². The molecule has 1 aliphatic carbocycles. The first-order chi connectivity index (χ1) is 8.95. The summed E-state index contributed by atoms with van der Waals surface area (Å²) in [5, 5.41) is 3.79. The highest BCUT2D eigenvalue weighted by molar-refractivity contribution is 8.00. The van der Waals surface area contributed by atoms with Crippen molar-refractivity contribution in [3.05, 3.63) is 17.6 Å². The second-order valence-corrected chi connectivity index (χ2v) is 6.76. The number of hydrogen-bond donors (Lipinski definition) is 1. The van der Waals surface area contributed by atoms with Crippen LogP contribution in [0, 0.1) is 6.92 Å². The van der Waals surface area contributed by atoms with Gasteiger partial charge in [0.15, 0.2) is 0 Å². The van der Waals surface area contributed by atoms with E-state index < -0.39 is 0 Å². The molecular weight excluding hydrogens is 258 g/mol. The largest absolute Gasteiger partial charge is 0.352 e. The average molecular weight is 279 g/mol. The molecule has 5 heteroatoms. The van der Waals surface area contributed by atoms with Gasteiger partial charge in [-0.25, -0.2) is 9.97 Å². The first-order valence-electron chi connectivity index (χ1n) is 6.78. The molecule has 1 aromatic rings. The van der Waals surface area contributed by atoms with Gasteiger partial charge in [-0.05, 0) is 32.8 Å². The molecule has 1 aliphatic rings. The fraction of sp³-hybridized carbons (Fsp3) is 0.643. The van der Waals surface area contributed by atoms with Crippen LogP contribution in [0.3, 0.4) is 0 Å². The molecule has 1 saturated carbocycles. The van der Waals surface area contributed by atoms with Gasteiger partial charge < -0.3 is 5.32 Å². The third-order valence-corrected chi connectivity index (χ3v) is 3.97. The zero-order valence-corrected chi connectivity index (χ0v) is 12.8. The summed E-state index contributed by atoms with van der Waals surface area (Å²) in [6.07, 6.45) is 2.24. The van der Waals surface area contributed by atoms with Gasteiger partial charge in [0.1, 0.15) is 10.9 Å². The maximum atomic E-state index is 11.9. The number of thioether (sulfide) groups is 1. The number of aromatic nitrogens is 2. The van der Waals surface area contributed by atoms with Gasteiger partial charge in [0.25, 0.3) is 0 Å². The molecule has 0 saturated heterocycles. The molecule has 1 aromatic heterocycles. The minimum Gasteiger partial charge on any atom is -0.352 e. The second kappa shape index (κ2) is 5.90. The van der Waals surface area contributed by atoms with Gasteiger partial charge in [-0.15, -0.1) is 0 Å². The minimum absolute atomic E-state index is 0.106. The third kappa shape index (κ3) is 4.20. The van der Waals surface area contributed by atoms with Gasteiger partial charge in [-0.1, -0.05) is 25.6 Å². The molecular formula is C14H21N3OS. The predicted molar refractivity (Wildman–Crippen MR) is 77.3 cm³/mol. The lowest BCUT2D eigenvalue weighted by Crippen LogP contribution is -2.32. The Hall–Kier alpha value is -1.10. The van der Waals surface area contributed by atoms with Crippen molar-refractivity contribution in [3.63, 3.8) is 0 Å². The first-order valence-corrected chi connectivity index (χ1v) is 7.66. The summed E-state index contributed by atoms with van der Waals surface area (Å²) in [5.41, 5.74) is 0.955. The monoisotopic (exact) mass is 279 g/mol. The van der Waals surface area contributed by atoms with E-state index >= 15 is 0 Å². The summed E-state index contributed by atoms with van der Waals surface area (Å²) in [5.74, 6) is 1.25. The van der Waals surface area contributed by atoms with E-state index in [1.165, 1.54) is 11.8 Å². The van der Waals surface area contributed by atoms with Crippen LogP contribution in [0.15, 0.2) is 11.1 Å². The van der Waals surface area contributed by atoms with Crippen LogP contribution in [-0.4, -0.2) is 27.2 Å². The number of carbonyl (C=O) groups is 1. The smallest absolute Gasteiger partial charge is 0.233 e. The van der Waals surface area contributed by atoms with Gasteiger partial charge in [0, 0.05) is 17.7 Å². The fourth-order valence-electron chi connectivity index (χ4n) is 1.66. The van der Waals surface area contributed by atoms with Gasteiger partial charge in [0.05, 0.1) is 5.25 Å². The molecule has 0 aromatic carbocycles. The summed E-state index contributed by atoms with van der Waals surface area (Å²) in [4.78, 5) is 20.9. The molecule has 1 unspecified atom stereocenters. The standard InChI is InChI=1S/C14H21N3OS/c1-8(2)13-15-9(3)7-12(17-13)19-10(4)14(18)16-11-5-6-11/h7-8,10-11H,5-6H2,1-4H3,(H,16,18). The number of amides is 1. The summed E-state index contributed by atoms with van der Waals surface area (Å²) < 4.78 is 0. The van der Waals surface area contributed by atoms with E-state index in [0.29, 0.717) is 12.0 Å². The topological polar surface area (TPSA) is 54.9 Å². The van der Waals surface area contributed by atoms with E-state index in [1.807, 2.05) is 19.9 Å². The van der Waals surface area contributed by atoms with Crippen LogP contribution >= 0.6 is 11.8 Å². The van der Waals surface area contributed by atoms with Crippen LogP contribution in [0.4, 0.5) is 0 Å². The van der Waals surface area contributed by atoms with Crippen LogP contribution in [0.2, 0.25) is 0 Å². The molecule has 1 fully saturated rings. The molecule has 104 valence electrons. The van der Waals surface area contributed by atoms with Crippen molar-refractivity contribution in [2.24, 2.45) is 0 Å². The van der Waals surface area contributed by atoms with Crippen LogP contribution in [0.5, 0.6) is 0 Å². The zero-order chi connectivity index (χ0) is 14.0. The Labute approximate surface area is 118 Å². The fourth-order valence-corrected chi connectivity index (χ4v) is 2.58.